The Bertz CT molecular complexity index is 106. The molecule has 1 atom stereocenters. The van der Waals surface area contributed by atoms with Crippen LogP contribution in [-0.4, -0.2) is 31.0 Å². The molecule has 0 N–H and O–H groups in total. The van der Waals surface area contributed by atoms with Crippen molar-refractivity contribution in [2.45, 2.75) is 19.8 Å². The van der Waals surface area contributed by atoms with Crippen LogP contribution in [0.2, 0.25) is 0 Å². The summed E-state index contributed by atoms with van der Waals surface area (Å²) in [5.74, 6) is -0.361. The van der Waals surface area contributed by atoms with Gasteiger partial charge in [0.2, 0.25) is 6.43 Å². The zero-order valence-corrected chi connectivity index (χ0v) is 6.19. The minimum Gasteiger partial charge on any atom is -0.303 e. The Labute approximate surface area is 60.0 Å². The summed E-state index contributed by atoms with van der Waals surface area (Å²) in [7, 11) is 0. The van der Waals surface area contributed by atoms with Gasteiger partial charge in [-0.15, -0.1) is 0 Å². The van der Waals surface area contributed by atoms with Gasteiger partial charge in [0.05, 0.1) is 0 Å². The van der Waals surface area contributed by atoms with E-state index in [1.165, 1.54) is 0 Å². The topological polar surface area (TPSA) is 3.24 Å². The van der Waals surface area contributed by atoms with Crippen molar-refractivity contribution in [2.75, 3.05) is 19.6 Å². The van der Waals surface area contributed by atoms with Gasteiger partial charge < -0.3 is 4.90 Å². The third-order valence-electron chi connectivity index (χ3n) is 2.11. The Morgan fingerprint density at radius 2 is 2.30 bits per heavy atom. The molecule has 0 amide bonds. The fourth-order valence-electron chi connectivity index (χ4n) is 1.36. The number of nitrogens with zero attached hydrogens (tertiary/aromatic N) is 1. The van der Waals surface area contributed by atoms with Crippen LogP contribution in [0.25, 0.3) is 0 Å². The maximum Gasteiger partial charge on any atom is 0.242 e. The summed E-state index contributed by atoms with van der Waals surface area (Å²) < 4.78 is 24.0. The fraction of sp³-hybridized carbons (Fsp3) is 1.00. The van der Waals surface area contributed by atoms with Crippen molar-refractivity contribution in [3.05, 3.63) is 0 Å². The Balaban J connectivity index is 2.28. The fourth-order valence-corrected chi connectivity index (χ4v) is 1.36. The molecule has 1 heterocycles. The molecular formula is C7H13F2N. The standard InChI is InChI=1S/C7H13F2N/c1-2-10-4-3-6(5-10)7(8)9/h6-7H,2-5H2,1H3/t6-/m1/s1. The van der Waals surface area contributed by atoms with Crippen LogP contribution in [0.5, 0.6) is 0 Å². The number of hydrogen-bond acceptors (Lipinski definition) is 1. The van der Waals surface area contributed by atoms with E-state index in [0.29, 0.717) is 13.0 Å². The van der Waals surface area contributed by atoms with Crippen molar-refractivity contribution in [2.24, 2.45) is 5.92 Å². The zero-order chi connectivity index (χ0) is 7.56. The molecule has 0 bridgehead atoms. The highest BCUT2D eigenvalue weighted by atomic mass is 19.3. The molecule has 0 radical (unpaired) electrons. The summed E-state index contributed by atoms with van der Waals surface area (Å²) in [6.45, 7) is 4.36. The van der Waals surface area contributed by atoms with Crippen LogP contribution in [0.1, 0.15) is 13.3 Å². The molecule has 1 aliphatic rings. The van der Waals surface area contributed by atoms with E-state index in [2.05, 4.69) is 4.90 Å². The molecule has 10 heavy (non-hydrogen) atoms. The van der Waals surface area contributed by atoms with Crippen molar-refractivity contribution in [3.63, 3.8) is 0 Å². The quantitative estimate of drug-likeness (QED) is 0.576. The number of alkyl halides is 2. The normalized spacial score (nSPS) is 28.2. The van der Waals surface area contributed by atoms with Gasteiger partial charge in [-0.3, -0.25) is 0 Å². The lowest BCUT2D eigenvalue weighted by Gasteiger charge is -2.11. The van der Waals surface area contributed by atoms with E-state index < -0.39 is 6.43 Å². The molecule has 1 saturated heterocycles. The molecule has 60 valence electrons. The van der Waals surface area contributed by atoms with E-state index in [9.17, 15) is 8.78 Å². The van der Waals surface area contributed by atoms with Crippen molar-refractivity contribution in [1.82, 2.24) is 4.90 Å². The SMILES string of the molecule is CCN1CC[C@@H](C(F)F)C1. The smallest absolute Gasteiger partial charge is 0.242 e. The molecular weight excluding hydrogens is 136 g/mol. The monoisotopic (exact) mass is 149 g/mol. The summed E-state index contributed by atoms with van der Waals surface area (Å²) >= 11 is 0. The molecule has 1 nitrogen and oxygen atoms in total. The lowest BCUT2D eigenvalue weighted by molar-refractivity contribution is 0.0811. The lowest BCUT2D eigenvalue weighted by atomic mass is 10.1. The minimum atomic E-state index is -2.11. The third kappa shape index (κ3) is 1.66. The van der Waals surface area contributed by atoms with Gasteiger partial charge in [-0.25, -0.2) is 8.78 Å². The average molecular weight is 149 g/mol. The Morgan fingerprint density at radius 3 is 2.60 bits per heavy atom. The molecule has 1 fully saturated rings. The van der Waals surface area contributed by atoms with E-state index in [1.54, 1.807) is 0 Å². The Kier molecular flexibility index (Phi) is 2.60. The maximum atomic E-state index is 12.0. The molecule has 0 aromatic heterocycles. The first-order valence-electron chi connectivity index (χ1n) is 3.74. The largest absolute Gasteiger partial charge is 0.303 e. The highest BCUT2D eigenvalue weighted by Gasteiger charge is 2.28. The van der Waals surface area contributed by atoms with Gasteiger partial charge in [0.15, 0.2) is 0 Å². The van der Waals surface area contributed by atoms with Gasteiger partial charge in [0.25, 0.3) is 0 Å². The van der Waals surface area contributed by atoms with Gasteiger partial charge >= 0.3 is 0 Å². The molecule has 0 saturated carbocycles. The summed E-state index contributed by atoms with van der Waals surface area (Å²) in [5, 5.41) is 0. The molecule has 1 rings (SSSR count). The van der Waals surface area contributed by atoms with E-state index in [0.717, 1.165) is 13.1 Å². The molecule has 0 spiro atoms. The first kappa shape index (κ1) is 7.92. The van der Waals surface area contributed by atoms with Gasteiger partial charge in [-0.1, -0.05) is 6.92 Å². The number of rotatable bonds is 2. The second-order valence-corrected chi connectivity index (χ2v) is 2.78. The van der Waals surface area contributed by atoms with Gasteiger partial charge in [-0.05, 0) is 19.5 Å². The summed E-state index contributed by atoms with van der Waals surface area (Å²) in [5.41, 5.74) is 0. The average Bonchev–Trinajstić information content (AvgIpc) is 2.34. The van der Waals surface area contributed by atoms with Gasteiger partial charge in [0, 0.05) is 12.5 Å². The molecule has 0 aliphatic carbocycles. The number of halogens is 2. The van der Waals surface area contributed by atoms with Crippen molar-refractivity contribution in [3.8, 4) is 0 Å². The van der Waals surface area contributed by atoms with Crippen LogP contribution in [-0.2, 0) is 0 Å². The molecule has 1 aliphatic heterocycles. The van der Waals surface area contributed by atoms with Crippen molar-refractivity contribution >= 4 is 0 Å². The molecule has 0 unspecified atom stereocenters. The Morgan fingerprint density at radius 1 is 1.60 bits per heavy atom. The number of hydrogen-bond donors (Lipinski definition) is 0. The first-order chi connectivity index (χ1) is 4.74. The molecule has 3 heteroatoms. The van der Waals surface area contributed by atoms with Crippen LogP contribution in [0.15, 0.2) is 0 Å². The molecule has 0 aromatic carbocycles. The van der Waals surface area contributed by atoms with Crippen LogP contribution < -0.4 is 0 Å². The predicted octanol–water partition coefficient (Wildman–Crippen LogP) is 1.59. The molecule has 0 aromatic rings. The van der Waals surface area contributed by atoms with Crippen molar-refractivity contribution < 1.29 is 8.78 Å². The summed E-state index contributed by atoms with van der Waals surface area (Å²) in [4.78, 5) is 2.07. The van der Waals surface area contributed by atoms with Crippen LogP contribution in [0, 0.1) is 5.92 Å². The van der Waals surface area contributed by atoms with Crippen LogP contribution >= 0.6 is 0 Å². The third-order valence-corrected chi connectivity index (χ3v) is 2.11. The van der Waals surface area contributed by atoms with E-state index in [1.807, 2.05) is 6.92 Å². The first-order valence-corrected chi connectivity index (χ1v) is 3.74. The highest BCUT2D eigenvalue weighted by Crippen LogP contribution is 2.21. The summed E-state index contributed by atoms with van der Waals surface area (Å²) in [6, 6.07) is 0. The number of likely N-dealkylation sites (tertiary alicyclic amines) is 1. The second kappa shape index (κ2) is 3.28. The Hall–Kier alpha value is -0.180. The van der Waals surface area contributed by atoms with E-state index in [4.69, 9.17) is 0 Å². The maximum absolute atomic E-state index is 12.0. The van der Waals surface area contributed by atoms with E-state index in [-0.39, 0.29) is 5.92 Å². The lowest BCUT2D eigenvalue weighted by Crippen LogP contribution is -2.21. The van der Waals surface area contributed by atoms with E-state index >= 15 is 0 Å². The van der Waals surface area contributed by atoms with Gasteiger partial charge in [-0.2, -0.15) is 0 Å². The van der Waals surface area contributed by atoms with Crippen molar-refractivity contribution in [1.29, 1.82) is 0 Å². The summed E-state index contributed by atoms with van der Waals surface area (Å²) in [6.07, 6.45) is -1.44. The predicted molar refractivity (Wildman–Crippen MR) is 36.2 cm³/mol. The highest BCUT2D eigenvalue weighted by molar-refractivity contribution is 4.75. The van der Waals surface area contributed by atoms with Crippen LogP contribution in [0.3, 0.4) is 0 Å². The second-order valence-electron chi connectivity index (χ2n) is 2.78. The van der Waals surface area contributed by atoms with Crippen LogP contribution in [0.4, 0.5) is 8.78 Å². The minimum absolute atomic E-state index is 0.361. The van der Waals surface area contributed by atoms with Gasteiger partial charge in [0.1, 0.15) is 0 Å². The zero-order valence-electron chi connectivity index (χ0n) is 6.19.